The normalized spacial score (nSPS) is 16.3. The van der Waals surface area contributed by atoms with E-state index in [2.05, 4.69) is 5.32 Å². The third-order valence-electron chi connectivity index (χ3n) is 4.29. The molecule has 0 aromatic heterocycles. The average Bonchev–Trinajstić information content (AvgIpc) is 2.71. The summed E-state index contributed by atoms with van der Waals surface area (Å²) in [6.07, 6.45) is 0. The number of para-hydroxylation sites is 1. The van der Waals surface area contributed by atoms with Crippen molar-refractivity contribution in [3.8, 4) is 0 Å². The first-order chi connectivity index (χ1) is 13.9. The van der Waals surface area contributed by atoms with Crippen LogP contribution in [0.3, 0.4) is 0 Å². The van der Waals surface area contributed by atoms with Crippen LogP contribution in [0.5, 0.6) is 0 Å². The fraction of sp³-hybridized carbons (Fsp3) is 0.368. The molecule has 1 unspecified atom stereocenters. The first-order valence-corrected chi connectivity index (χ1v) is 8.87. The first kappa shape index (κ1) is 22.1. The molecule has 0 saturated heterocycles. The van der Waals surface area contributed by atoms with Gasteiger partial charge < -0.3 is 25.0 Å². The van der Waals surface area contributed by atoms with Crippen molar-refractivity contribution in [1.82, 2.24) is 5.32 Å². The molecular weight excluding hydrogens is 384 g/mol. The summed E-state index contributed by atoms with van der Waals surface area (Å²) in [5.41, 5.74) is -0.0729. The monoisotopic (exact) mass is 406 g/mol. The van der Waals surface area contributed by atoms with Gasteiger partial charge in [0.2, 0.25) is 0 Å². The highest BCUT2D eigenvalue weighted by Gasteiger charge is 2.41. The number of carbonyl (C=O) groups is 2. The zero-order valence-electron chi connectivity index (χ0n) is 16.0. The van der Waals surface area contributed by atoms with Crippen molar-refractivity contribution < 1.29 is 34.2 Å². The number of nitro benzene ring substituents is 1. The Morgan fingerprint density at radius 2 is 1.83 bits per heavy atom. The predicted molar refractivity (Wildman–Crippen MR) is 100 cm³/mol. The van der Waals surface area contributed by atoms with Crippen LogP contribution in [0.1, 0.15) is 25.3 Å². The summed E-state index contributed by atoms with van der Waals surface area (Å²) >= 11 is 0. The molecular formula is C19H22N2O8. The molecule has 10 heteroatoms. The molecule has 29 heavy (non-hydrogen) atoms. The third kappa shape index (κ3) is 4.61. The molecule has 0 bridgehead atoms. The largest absolute Gasteiger partial charge is 0.463 e. The van der Waals surface area contributed by atoms with Crippen LogP contribution in [-0.2, 0) is 19.1 Å². The van der Waals surface area contributed by atoms with E-state index in [4.69, 9.17) is 14.6 Å². The highest BCUT2D eigenvalue weighted by molar-refractivity contribution is 6.00. The Kier molecular flexibility index (Phi) is 7.46. The van der Waals surface area contributed by atoms with Gasteiger partial charge in [-0.1, -0.05) is 18.2 Å². The minimum atomic E-state index is -1.20. The Labute approximate surface area is 166 Å². The number of ether oxygens (including phenoxy) is 2. The van der Waals surface area contributed by atoms with Crippen molar-refractivity contribution in [3.05, 3.63) is 62.5 Å². The van der Waals surface area contributed by atoms with E-state index in [9.17, 15) is 24.8 Å². The number of rotatable bonds is 8. The van der Waals surface area contributed by atoms with Crippen molar-refractivity contribution >= 4 is 17.6 Å². The predicted octanol–water partition coefficient (Wildman–Crippen LogP) is 0.901. The Bertz CT molecular complexity index is 875. The molecule has 3 N–H and O–H groups in total. The number of nitrogens with zero attached hydrogens (tertiary/aromatic N) is 1. The minimum Gasteiger partial charge on any atom is -0.463 e. The van der Waals surface area contributed by atoms with E-state index in [1.54, 1.807) is 6.92 Å². The van der Waals surface area contributed by atoms with Crippen LogP contribution in [0.2, 0.25) is 0 Å². The molecule has 0 aliphatic carbocycles. The van der Waals surface area contributed by atoms with Crippen molar-refractivity contribution in [2.75, 3.05) is 26.4 Å². The molecule has 0 spiro atoms. The molecule has 0 amide bonds. The average molecular weight is 406 g/mol. The van der Waals surface area contributed by atoms with E-state index in [0.717, 1.165) is 0 Å². The topological polar surface area (TPSA) is 148 Å². The number of hydrogen-bond acceptors (Lipinski definition) is 9. The Balaban J connectivity index is 2.76. The number of allylic oxidation sites excluding steroid dienone is 1. The van der Waals surface area contributed by atoms with E-state index < -0.39 is 36.0 Å². The zero-order valence-corrected chi connectivity index (χ0v) is 16.0. The van der Waals surface area contributed by atoms with Crippen molar-refractivity contribution in [2.45, 2.75) is 19.8 Å². The van der Waals surface area contributed by atoms with E-state index in [1.807, 2.05) is 0 Å². The third-order valence-corrected chi connectivity index (χ3v) is 4.29. The number of carbonyl (C=O) groups excluding carboxylic acids is 2. The molecule has 0 fully saturated rings. The number of esters is 2. The lowest BCUT2D eigenvalue weighted by Gasteiger charge is -2.30. The number of aliphatic hydroxyl groups is 2. The molecule has 1 aliphatic heterocycles. The lowest BCUT2D eigenvalue weighted by molar-refractivity contribution is -0.385. The van der Waals surface area contributed by atoms with E-state index >= 15 is 0 Å². The van der Waals surface area contributed by atoms with Crippen LogP contribution >= 0.6 is 0 Å². The van der Waals surface area contributed by atoms with Gasteiger partial charge in [-0.15, -0.1) is 0 Å². The van der Waals surface area contributed by atoms with Gasteiger partial charge in [0.25, 0.3) is 5.69 Å². The molecule has 0 radical (unpaired) electrons. The summed E-state index contributed by atoms with van der Waals surface area (Å²) in [6.45, 7) is 1.85. The molecule has 10 nitrogen and oxygen atoms in total. The van der Waals surface area contributed by atoms with Gasteiger partial charge in [-0.05, 0) is 13.8 Å². The van der Waals surface area contributed by atoms with Crippen LogP contribution in [0.4, 0.5) is 5.69 Å². The quantitative estimate of drug-likeness (QED) is 0.325. The van der Waals surface area contributed by atoms with Gasteiger partial charge in [0.15, 0.2) is 0 Å². The fourth-order valence-electron chi connectivity index (χ4n) is 3.17. The van der Waals surface area contributed by atoms with Gasteiger partial charge in [0, 0.05) is 17.3 Å². The van der Waals surface area contributed by atoms with Gasteiger partial charge in [-0.3, -0.25) is 10.1 Å². The van der Waals surface area contributed by atoms with Crippen LogP contribution in [0.25, 0.3) is 0 Å². The standard InChI is InChI=1S/C19H22N2O8/c1-3-28-19(25)17-13(10-23)20-11(2)15(18(24)29-9-8-22)16(17)12-6-4-5-7-14(12)21(26)27/h4-7,16,20,22-23H,3,8-10H2,1-2H3. The number of nitro groups is 1. The minimum absolute atomic E-state index is 0.0254. The number of hydrogen-bond donors (Lipinski definition) is 3. The van der Waals surface area contributed by atoms with Crippen LogP contribution in [-0.4, -0.2) is 53.5 Å². The molecule has 2 rings (SSSR count). The highest BCUT2D eigenvalue weighted by Crippen LogP contribution is 2.42. The summed E-state index contributed by atoms with van der Waals surface area (Å²) in [5, 5.41) is 33.1. The smallest absolute Gasteiger partial charge is 0.336 e. The molecule has 156 valence electrons. The maximum absolute atomic E-state index is 12.7. The maximum atomic E-state index is 12.7. The maximum Gasteiger partial charge on any atom is 0.336 e. The Morgan fingerprint density at radius 1 is 1.17 bits per heavy atom. The second-order valence-electron chi connectivity index (χ2n) is 6.04. The number of dihydropyridines is 1. The number of aliphatic hydroxyl groups excluding tert-OH is 2. The highest BCUT2D eigenvalue weighted by atomic mass is 16.6. The summed E-state index contributed by atoms with van der Waals surface area (Å²) in [5.74, 6) is -2.89. The van der Waals surface area contributed by atoms with Crippen LogP contribution in [0.15, 0.2) is 46.8 Å². The van der Waals surface area contributed by atoms with Gasteiger partial charge in [-0.2, -0.15) is 0 Å². The first-order valence-electron chi connectivity index (χ1n) is 8.87. The van der Waals surface area contributed by atoms with Gasteiger partial charge in [-0.25, -0.2) is 9.59 Å². The second-order valence-corrected chi connectivity index (χ2v) is 6.04. The van der Waals surface area contributed by atoms with Crippen LogP contribution < -0.4 is 5.32 Å². The van der Waals surface area contributed by atoms with Gasteiger partial charge >= 0.3 is 11.9 Å². The Hall–Kier alpha value is -3.24. The SMILES string of the molecule is CCOC(=O)C1=C(CO)NC(C)=C(C(=O)OCCO)C1c1ccccc1[N+](=O)[O-]. The van der Waals surface area contributed by atoms with E-state index in [-0.39, 0.29) is 47.0 Å². The molecule has 1 aromatic carbocycles. The second kappa shape index (κ2) is 9.80. The number of nitrogens with one attached hydrogen (secondary N) is 1. The number of benzene rings is 1. The van der Waals surface area contributed by atoms with Crippen molar-refractivity contribution in [3.63, 3.8) is 0 Å². The zero-order chi connectivity index (χ0) is 21.6. The lowest BCUT2D eigenvalue weighted by atomic mass is 9.79. The molecule has 1 atom stereocenters. The van der Waals surface area contributed by atoms with Gasteiger partial charge in [0.05, 0.1) is 47.5 Å². The van der Waals surface area contributed by atoms with Crippen molar-refractivity contribution in [2.24, 2.45) is 0 Å². The summed E-state index contributed by atoms with van der Waals surface area (Å²) in [6, 6.07) is 5.68. The molecule has 1 aliphatic rings. The summed E-state index contributed by atoms with van der Waals surface area (Å²) in [7, 11) is 0. The van der Waals surface area contributed by atoms with Crippen LogP contribution in [0, 0.1) is 10.1 Å². The lowest BCUT2D eigenvalue weighted by Crippen LogP contribution is -2.35. The molecule has 0 saturated carbocycles. The fourth-order valence-corrected chi connectivity index (χ4v) is 3.17. The van der Waals surface area contributed by atoms with E-state index in [1.165, 1.54) is 31.2 Å². The summed E-state index contributed by atoms with van der Waals surface area (Å²) < 4.78 is 10.1. The van der Waals surface area contributed by atoms with Gasteiger partial charge in [0.1, 0.15) is 6.61 Å². The molecule has 1 aromatic rings. The van der Waals surface area contributed by atoms with E-state index in [0.29, 0.717) is 0 Å². The Morgan fingerprint density at radius 3 is 2.41 bits per heavy atom. The molecule has 1 heterocycles. The summed E-state index contributed by atoms with van der Waals surface area (Å²) in [4.78, 5) is 36.4. The van der Waals surface area contributed by atoms with Crippen molar-refractivity contribution in [1.29, 1.82) is 0 Å².